The molecule has 0 amide bonds. The number of hydrogen-bond acceptors (Lipinski definition) is 1. The van der Waals surface area contributed by atoms with Crippen molar-refractivity contribution < 1.29 is 4.39 Å². The highest BCUT2D eigenvalue weighted by Gasteiger charge is 2.32. The smallest absolute Gasteiger partial charge is 0.123 e. The van der Waals surface area contributed by atoms with Crippen molar-refractivity contribution in [1.29, 1.82) is 0 Å². The molecule has 0 aliphatic heterocycles. The molecule has 1 fully saturated rings. The van der Waals surface area contributed by atoms with Gasteiger partial charge in [-0.25, -0.2) is 4.39 Å². The highest BCUT2D eigenvalue weighted by Crippen LogP contribution is 2.43. The van der Waals surface area contributed by atoms with Crippen molar-refractivity contribution in [2.45, 2.75) is 59.4 Å². The van der Waals surface area contributed by atoms with E-state index in [4.69, 9.17) is 0 Å². The average Bonchev–Trinajstić information content (AvgIpc) is 2.37. The molecule has 112 valence electrons. The zero-order valence-corrected chi connectivity index (χ0v) is 13.3. The third-order valence-electron chi connectivity index (χ3n) is 4.85. The van der Waals surface area contributed by atoms with E-state index in [1.807, 2.05) is 13.0 Å². The third kappa shape index (κ3) is 3.60. The molecule has 1 saturated carbocycles. The molecule has 0 aromatic heterocycles. The van der Waals surface area contributed by atoms with Crippen molar-refractivity contribution >= 4 is 0 Å². The number of rotatable bonds is 4. The molecule has 1 aromatic carbocycles. The summed E-state index contributed by atoms with van der Waals surface area (Å²) in [6, 6.07) is 5.60. The minimum atomic E-state index is -0.133. The molecule has 1 atom stereocenters. The Bertz CT molecular complexity index is 443. The van der Waals surface area contributed by atoms with Gasteiger partial charge >= 0.3 is 0 Å². The number of aryl methyl sites for hydroxylation is 1. The Labute approximate surface area is 123 Å². The minimum absolute atomic E-state index is 0.133. The molecule has 20 heavy (non-hydrogen) atoms. The van der Waals surface area contributed by atoms with Gasteiger partial charge < -0.3 is 5.32 Å². The highest BCUT2D eigenvalue weighted by atomic mass is 19.1. The third-order valence-corrected chi connectivity index (χ3v) is 4.85. The van der Waals surface area contributed by atoms with Crippen molar-refractivity contribution in [1.82, 2.24) is 5.32 Å². The van der Waals surface area contributed by atoms with E-state index in [2.05, 4.69) is 26.1 Å². The van der Waals surface area contributed by atoms with Crippen molar-refractivity contribution in [3.05, 3.63) is 35.1 Å². The number of hydrogen-bond donors (Lipinski definition) is 1. The summed E-state index contributed by atoms with van der Waals surface area (Å²) < 4.78 is 13.3. The van der Waals surface area contributed by atoms with E-state index in [0.717, 1.165) is 12.1 Å². The van der Waals surface area contributed by atoms with Crippen LogP contribution in [0.1, 0.15) is 63.6 Å². The SMILES string of the molecule is CCNC(c1ccc(F)cc1C)C1CCC(C)(C)CC1. The van der Waals surface area contributed by atoms with Gasteiger partial charge in [-0.1, -0.05) is 26.8 Å². The van der Waals surface area contributed by atoms with Crippen LogP contribution in [0.5, 0.6) is 0 Å². The summed E-state index contributed by atoms with van der Waals surface area (Å²) >= 11 is 0. The van der Waals surface area contributed by atoms with Crippen LogP contribution in [0.3, 0.4) is 0 Å². The van der Waals surface area contributed by atoms with Crippen LogP contribution in [0.4, 0.5) is 4.39 Å². The standard InChI is InChI=1S/C18H28FN/c1-5-20-17(14-8-10-18(3,4)11-9-14)16-7-6-15(19)12-13(16)2/h6-7,12,14,17,20H,5,8-11H2,1-4H3. The molecule has 0 radical (unpaired) electrons. The second-order valence-corrected chi connectivity index (χ2v) is 7.04. The quantitative estimate of drug-likeness (QED) is 0.816. The molecule has 0 heterocycles. The van der Waals surface area contributed by atoms with Crippen LogP contribution in [-0.2, 0) is 0 Å². The fraction of sp³-hybridized carbons (Fsp3) is 0.667. The van der Waals surface area contributed by atoms with Gasteiger partial charge in [0.1, 0.15) is 5.82 Å². The van der Waals surface area contributed by atoms with Crippen molar-refractivity contribution in [2.24, 2.45) is 11.3 Å². The van der Waals surface area contributed by atoms with E-state index < -0.39 is 0 Å². The van der Waals surface area contributed by atoms with Crippen LogP contribution in [0.15, 0.2) is 18.2 Å². The molecule has 1 aliphatic carbocycles. The Balaban J connectivity index is 2.19. The monoisotopic (exact) mass is 277 g/mol. The molecule has 1 aliphatic rings. The van der Waals surface area contributed by atoms with Gasteiger partial charge in [0, 0.05) is 6.04 Å². The Morgan fingerprint density at radius 1 is 1.30 bits per heavy atom. The number of halogens is 1. The molecule has 2 heteroatoms. The Hall–Kier alpha value is -0.890. The van der Waals surface area contributed by atoms with Crippen LogP contribution in [0.2, 0.25) is 0 Å². The lowest BCUT2D eigenvalue weighted by Gasteiger charge is -2.39. The van der Waals surface area contributed by atoms with E-state index in [0.29, 0.717) is 17.4 Å². The molecule has 0 bridgehead atoms. The maximum Gasteiger partial charge on any atom is 0.123 e. The summed E-state index contributed by atoms with van der Waals surface area (Å²) in [7, 11) is 0. The van der Waals surface area contributed by atoms with Crippen LogP contribution in [0.25, 0.3) is 0 Å². The van der Waals surface area contributed by atoms with Crippen LogP contribution in [0, 0.1) is 24.1 Å². The highest BCUT2D eigenvalue weighted by molar-refractivity contribution is 5.30. The summed E-state index contributed by atoms with van der Waals surface area (Å²) in [6.45, 7) is 9.87. The van der Waals surface area contributed by atoms with E-state index in [-0.39, 0.29) is 5.82 Å². The first-order valence-corrected chi connectivity index (χ1v) is 7.92. The second-order valence-electron chi connectivity index (χ2n) is 7.04. The Kier molecular flexibility index (Phi) is 4.85. The molecule has 1 aromatic rings. The van der Waals surface area contributed by atoms with E-state index in [9.17, 15) is 4.39 Å². The summed E-state index contributed by atoms with van der Waals surface area (Å²) in [5.41, 5.74) is 2.84. The predicted octanol–water partition coefficient (Wildman–Crippen LogP) is 5.00. The lowest BCUT2D eigenvalue weighted by molar-refractivity contribution is 0.162. The summed E-state index contributed by atoms with van der Waals surface area (Å²) in [6.07, 6.45) is 5.11. The maximum atomic E-state index is 13.3. The van der Waals surface area contributed by atoms with Crippen LogP contribution < -0.4 is 5.32 Å². The van der Waals surface area contributed by atoms with Gasteiger partial charge in [0.15, 0.2) is 0 Å². The summed E-state index contributed by atoms with van der Waals surface area (Å²) in [5.74, 6) is 0.540. The lowest BCUT2D eigenvalue weighted by atomic mass is 9.70. The molecular formula is C18H28FN. The Morgan fingerprint density at radius 3 is 2.50 bits per heavy atom. The van der Waals surface area contributed by atoms with E-state index in [1.165, 1.54) is 31.2 Å². The summed E-state index contributed by atoms with van der Waals surface area (Å²) in [5, 5.41) is 3.63. The first kappa shape index (κ1) is 15.5. The van der Waals surface area contributed by atoms with Crippen molar-refractivity contribution in [2.75, 3.05) is 6.54 Å². The normalized spacial score (nSPS) is 20.9. The van der Waals surface area contributed by atoms with E-state index >= 15 is 0 Å². The van der Waals surface area contributed by atoms with Gasteiger partial charge in [0.25, 0.3) is 0 Å². The lowest BCUT2D eigenvalue weighted by Crippen LogP contribution is -2.33. The second kappa shape index (κ2) is 6.26. The fourth-order valence-corrected chi connectivity index (χ4v) is 3.49. The molecule has 0 saturated heterocycles. The van der Waals surface area contributed by atoms with Crippen LogP contribution >= 0.6 is 0 Å². The first-order valence-electron chi connectivity index (χ1n) is 7.92. The van der Waals surface area contributed by atoms with Gasteiger partial charge in [-0.15, -0.1) is 0 Å². The van der Waals surface area contributed by atoms with Gasteiger partial charge in [0.2, 0.25) is 0 Å². The number of nitrogens with one attached hydrogen (secondary N) is 1. The fourth-order valence-electron chi connectivity index (χ4n) is 3.49. The largest absolute Gasteiger partial charge is 0.310 e. The molecular weight excluding hydrogens is 249 g/mol. The van der Waals surface area contributed by atoms with Crippen LogP contribution in [-0.4, -0.2) is 6.54 Å². The molecule has 1 N–H and O–H groups in total. The van der Waals surface area contributed by atoms with Crippen molar-refractivity contribution in [3.63, 3.8) is 0 Å². The molecule has 1 unspecified atom stereocenters. The van der Waals surface area contributed by atoms with E-state index in [1.54, 1.807) is 12.1 Å². The first-order chi connectivity index (χ1) is 9.43. The Morgan fingerprint density at radius 2 is 1.95 bits per heavy atom. The molecule has 1 nitrogen and oxygen atoms in total. The molecule has 0 spiro atoms. The topological polar surface area (TPSA) is 12.0 Å². The minimum Gasteiger partial charge on any atom is -0.310 e. The number of benzene rings is 1. The zero-order valence-electron chi connectivity index (χ0n) is 13.3. The maximum absolute atomic E-state index is 13.3. The van der Waals surface area contributed by atoms with Crippen molar-refractivity contribution in [3.8, 4) is 0 Å². The predicted molar refractivity (Wildman–Crippen MR) is 83.3 cm³/mol. The van der Waals surface area contributed by atoms with Gasteiger partial charge in [-0.05, 0) is 73.7 Å². The zero-order chi connectivity index (χ0) is 14.8. The van der Waals surface area contributed by atoms with Gasteiger partial charge in [-0.2, -0.15) is 0 Å². The van der Waals surface area contributed by atoms with Gasteiger partial charge in [-0.3, -0.25) is 0 Å². The molecule has 2 rings (SSSR count). The average molecular weight is 277 g/mol. The van der Waals surface area contributed by atoms with Gasteiger partial charge in [0.05, 0.1) is 0 Å². The summed E-state index contributed by atoms with van der Waals surface area (Å²) in [4.78, 5) is 0.